The minimum absolute atomic E-state index is 0. The first-order valence-electron chi connectivity index (χ1n) is 7.44. The van der Waals surface area contributed by atoms with E-state index < -0.39 is 0 Å². The monoisotopic (exact) mass is 326 g/mol. The Bertz CT molecular complexity index is 478. The lowest BCUT2D eigenvalue weighted by atomic mass is 10.1. The number of thioether (sulfide) groups is 1. The Balaban J connectivity index is 0.00000161. The zero-order chi connectivity index (χ0) is 14.0. The zero-order valence-electron chi connectivity index (χ0n) is 12.1. The predicted octanol–water partition coefficient (Wildman–Crippen LogP) is 2.98. The average molecular weight is 327 g/mol. The summed E-state index contributed by atoms with van der Waals surface area (Å²) in [6.45, 7) is 0.789. The average Bonchev–Trinajstić information content (AvgIpc) is 3.08. The standard InChI is InChI=1S/C16H22N2OS.ClH/c17-13-7-6-12(10-13)15(19)18-11-16(8-9-16)20-14-4-2-1-3-5-14;/h1-5,12-13H,6-11,17H2,(H,18,19);1H. The number of hydrogen-bond donors (Lipinski definition) is 2. The SMILES string of the molecule is Cl.NC1CCC(C(=O)NCC2(Sc3ccccc3)CC2)C1. The van der Waals surface area contributed by atoms with Crippen LogP contribution in [0.3, 0.4) is 0 Å². The molecule has 3 nitrogen and oxygen atoms in total. The number of hydrogen-bond acceptors (Lipinski definition) is 3. The number of carbonyl (C=O) groups excluding carboxylic acids is 1. The second-order valence-electron chi connectivity index (χ2n) is 6.09. The van der Waals surface area contributed by atoms with E-state index in [9.17, 15) is 4.79 Å². The fourth-order valence-corrected chi connectivity index (χ4v) is 4.08. The van der Waals surface area contributed by atoms with Gasteiger partial charge >= 0.3 is 0 Å². The molecule has 21 heavy (non-hydrogen) atoms. The molecule has 1 amide bonds. The number of benzene rings is 1. The Hall–Kier alpha value is -0.710. The predicted molar refractivity (Wildman–Crippen MR) is 89.8 cm³/mol. The molecule has 3 rings (SSSR count). The van der Waals surface area contributed by atoms with Crippen LogP contribution in [0.4, 0.5) is 0 Å². The van der Waals surface area contributed by atoms with Crippen molar-refractivity contribution in [1.82, 2.24) is 5.32 Å². The van der Waals surface area contributed by atoms with Crippen LogP contribution in [0.25, 0.3) is 0 Å². The number of amides is 1. The van der Waals surface area contributed by atoms with Gasteiger partial charge in [0.1, 0.15) is 0 Å². The van der Waals surface area contributed by atoms with E-state index in [2.05, 4.69) is 29.6 Å². The van der Waals surface area contributed by atoms with Gasteiger partial charge in [-0.15, -0.1) is 24.2 Å². The molecule has 0 heterocycles. The van der Waals surface area contributed by atoms with Gasteiger partial charge in [0.25, 0.3) is 0 Å². The summed E-state index contributed by atoms with van der Waals surface area (Å²) in [7, 11) is 0. The van der Waals surface area contributed by atoms with Crippen molar-refractivity contribution >= 4 is 30.1 Å². The van der Waals surface area contributed by atoms with Gasteiger partial charge in [0, 0.05) is 28.1 Å². The van der Waals surface area contributed by atoms with Crippen molar-refractivity contribution < 1.29 is 4.79 Å². The van der Waals surface area contributed by atoms with Crippen molar-refractivity contribution in [2.75, 3.05) is 6.54 Å². The fraction of sp³-hybridized carbons (Fsp3) is 0.562. The first kappa shape index (κ1) is 16.7. The van der Waals surface area contributed by atoms with Crippen LogP contribution in [-0.4, -0.2) is 23.2 Å². The summed E-state index contributed by atoms with van der Waals surface area (Å²) in [5.41, 5.74) is 5.88. The van der Waals surface area contributed by atoms with E-state index in [4.69, 9.17) is 5.73 Å². The van der Waals surface area contributed by atoms with Crippen molar-refractivity contribution in [2.45, 2.75) is 47.8 Å². The molecule has 1 aromatic carbocycles. The molecule has 1 aromatic rings. The maximum atomic E-state index is 12.1. The lowest BCUT2D eigenvalue weighted by Gasteiger charge is -2.17. The Morgan fingerprint density at radius 3 is 2.57 bits per heavy atom. The maximum Gasteiger partial charge on any atom is 0.223 e. The molecule has 2 aliphatic rings. The maximum absolute atomic E-state index is 12.1. The molecule has 116 valence electrons. The second-order valence-corrected chi connectivity index (χ2v) is 7.63. The van der Waals surface area contributed by atoms with Gasteiger partial charge in [-0.1, -0.05) is 18.2 Å². The molecule has 0 aliphatic heterocycles. The van der Waals surface area contributed by atoms with Crippen LogP contribution in [0.5, 0.6) is 0 Å². The Labute approximate surface area is 136 Å². The van der Waals surface area contributed by atoms with Crippen LogP contribution in [0, 0.1) is 5.92 Å². The van der Waals surface area contributed by atoms with Crippen LogP contribution in [0.1, 0.15) is 32.1 Å². The van der Waals surface area contributed by atoms with E-state index in [0.717, 1.165) is 25.8 Å². The number of rotatable bonds is 5. The molecule has 3 N–H and O–H groups in total. The summed E-state index contributed by atoms with van der Waals surface area (Å²) in [4.78, 5) is 13.4. The molecule has 0 aromatic heterocycles. The fourth-order valence-electron chi connectivity index (χ4n) is 2.84. The summed E-state index contributed by atoms with van der Waals surface area (Å²) < 4.78 is 0.234. The van der Waals surface area contributed by atoms with Gasteiger partial charge < -0.3 is 11.1 Å². The van der Waals surface area contributed by atoms with E-state index in [0.29, 0.717) is 0 Å². The largest absolute Gasteiger partial charge is 0.354 e. The van der Waals surface area contributed by atoms with E-state index in [1.165, 1.54) is 17.7 Å². The van der Waals surface area contributed by atoms with Crippen molar-refractivity contribution in [2.24, 2.45) is 11.7 Å². The van der Waals surface area contributed by atoms with Crippen molar-refractivity contribution in [3.8, 4) is 0 Å². The van der Waals surface area contributed by atoms with Gasteiger partial charge in [0.15, 0.2) is 0 Å². The van der Waals surface area contributed by atoms with Gasteiger partial charge in [-0.3, -0.25) is 4.79 Å². The molecule has 0 saturated heterocycles. The van der Waals surface area contributed by atoms with E-state index in [1.54, 1.807) is 0 Å². The minimum atomic E-state index is 0. The molecule has 2 aliphatic carbocycles. The third kappa shape index (κ3) is 4.38. The minimum Gasteiger partial charge on any atom is -0.354 e. The molecular weight excluding hydrogens is 304 g/mol. The van der Waals surface area contributed by atoms with Crippen molar-refractivity contribution in [3.63, 3.8) is 0 Å². The smallest absolute Gasteiger partial charge is 0.223 e. The summed E-state index contributed by atoms with van der Waals surface area (Å²) in [6.07, 6.45) is 5.17. The third-order valence-electron chi connectivity index (χ3n) is 4.31. The Kier molecular flexibility index (Phi) is 5.58. The summed E-state index contributed by atoms with van der Waals surface area (Å²) in [6, 6.07) is 10.7. The van der Waals surface area contributed by atoms with Crippen LogP contribution < -0.4 is 11.1 Å². The second kappa shape index (κ2) is 7.03. The van der Waals surface area contributed by atoms with Crippen LogP contribution in [-0.2, 0) is 4.79 Å². The number of nitrogens with one attached hydrogen (secondary N) is 1. The quantitative estimate of drug-likeness (QED) is 0.874. The summed E-state index contributed by atoms with van der Waals surface area (Å²) >= 11 is 1.90. The lowest BCUT2D eigenvalue weighted by molar-refractivity contribution is -0.124. The molecule has 2 saturated carbocycles. The number of carbonyl (C=O) groups is 1. The number of nitrogens with two attached hydrogens (primary N) is 1. The molecule has 0 bridgehead atoms. The van der Waals surface area contributed by atoms with E-state index in [1.807, 2.05) is 17.8 Å². The van der Waals surface area contributed by atoms with Gasteiger partial charge in [-0.2, -0.15) is 0 Å². The summed E-state index contributed by atoms with van der Waals surface area (Å²) in [5, 5.41) is 3.15. The lowest BCUT2D eigenvalue weighted by Crippen LogP contribution is -2.36. The van der Waals surface area contributed by atoms with Crippen molar-refractivity contribution in [3.05, 3.63) is 30.3 Å². The first-order valence-corrected chi connectivity index (χ1v) is 8.26. The molecule has 2 fully saturated rings. The van der Waals surface area contributed by atoms with Crippen LogP contribution >= 0.6 is 24.2 Å². The van der Waals surface area contributed by atoms with Crippen LogP contribution in [0.15, 0.2) is 35.2 Å². The molecule has 0 spiro atoms. The highest BCUT2D eigenvalue weighted by Gasteiger charge is 2.44. The molecule has 5 heteroatoms. The molecular formula is C16H23ClN2OS. The van der Waals surface area contributed by atoms with Gasteiger partial charge in [0.05, 0.1) is 0 Å². The van der Waals surface area contributed by atoms with Crippen LogP contribution in [0.2, 0.25) is 0 Å². The third-order valence-corrected chi connectivity index (χ3v) is 5.81. The normalized spacial score (nSPS) is 26.0. The Morgan fingerprint density at radius 2 is 2.00 bits per heavy atom. The number of halogens is 1. The molecule has 2 atom stereocenters. The van der Waals surface area contributed by atoms with E-state index in [-0.39, 0.29) is 35.0 Å². The Morgan fingerprint density at radius 1 is 1.29 bits per heavy atom. The van der Waals surface area contributed by atoms with E-state index >= 15 is 0 Å². The summed E-state index contributed by atoms with van der Waals surface area (Å²) in [5.74, 6) is 0.348. The first-order chi connectivity index (χ1) is 9.67. The molecule has 0 radical (unpaired) electrons. The van der Waals surface area contributed by atoms with Gasteiger partial charge in [-0.05, 0) is 44.2 Å². The highest BCUT2D eigenvalue weighted by molar-refractivity contribution is 8.01. The van der Waals surface area contributed by atoms with Gasteiger partial charge in [-0.25, -0.2) is 0 Å². The van der Waals surface area contributed by atoms with Gasteiger partial charge in [0.2, 0.25) is 5.91 Å². The topological polar surface area (TPSA) is 55.1 Å². The highest BCUT2D eigenvalue weighted by atomic mass is 35.5. The van der Waals surface area contributed by atoms with Crippen molar-refractivity contribution in [1.29, 1.82) is 0 Å². The highest BCUT2D eigenvalue weighted by Crippen LogP contribution is 2.51. The molecule has 2 unspecified atom stereocenters. The zero-order valence-corrected chi connectivity index (χ0v) is 13.7.